The van der Waals surface area contributed by atoms with E-state index in [4.69, 9.17) is 4.74 Å². The van der Waals surface area contributed by atoms with Gasteiger partial charge < -0.3 is 9.64 Å². The van der Waals surface area contributed by atoms with Gasteiger partial charge in [-0.05, 0) is 38.0 Å². The van der Waals surface area contributed by atoms with Crippen LogP contribution in [0, 0.1) is 17.8 Å². The van der Waals surface area contributed by atoms with Crippen molar-refractivity contribution in [1.29, 1.82) is 0 Å². The molecule has 19 heavy (non-hydrogen) atoms. The first-order valence-electron chi connectivity index (χ1n) is 7.50. The lowest BCUT2D eigenvalue weighted by Gasteiger charge is -2.34. The topological polar surface area (TPSA) is 29.5 Å². The minimum Gasteiger partial charge on any atom is -0.381 e. The van der Waals surface area contributed by atoms with Crippen molar-refractivity contribution in [2.24, 2.45) is 17.8 Å². The van der Waals surface area contributed by atoms with Crippen molar-refractivity contribution in [3.8, 4) is 0 Å². The van der Waals surface area contributed by atoms with Gasteiger partial charge in [-0.2, -0.15) is 12.6 Å². The minimum atomic E-state index is -0.0565. The summed E-state index contributed by atoms with van der Waals surface area (Å²) in [6.07, 6.45) is 4.70. The number of carbonyl (C=O) groups excluding carboxylic acids is 1. The largest absolute Gasteiger partial charge is 0.381 e. The van der Waals surface area contributed by atoms with Crippen LogP contribution < -0.4 is 0 Å². The summed E-state index contributed by atoms with van der Waals surface area (Å²) in [5, 5.41) is 0.105. The standard InChI is InChI=1S/C15H27NO2S/c1-9(2)14(10(3)18-4)15(17)16-12-7-5-6-11(12)8-13(16)19/h9-14,19H,5-8H2,1-4H3/t10?,11?,12?,13-,14?/m1/s1. The summed E-state index contributed by atoms with van der Waals surface area (Å²) in [4.78, 5) is 15.0. The molecule has 1 saturated heterocycles. The number of fused-ring (bicyclic) bond motifs is 1. The summed E-state index contributed by atoms with van der Waals surface area (Å²) in [5.74, 6) is 1.17. The van der Waals surface area contributed by atoms with Crippen LogP contribution in [-0.2, 0) is 9.53 Å². The quantitative estimate of drug-likeness (QED) is 0.805. The third-order valence-corrected chi connectivity index (χ3v) is 5.41. The van der Waals surface area contributed by atoms with Crippen LogP contribution >= 0.6 is 12.6 Å². The molecule has 1 aliphatic carbocycles. The molecule has 3 nitrogen and oxygen atoms in total. The zero-order valence-corrected chi connectivity index (χ0v) is 13.4. The summed E-state index contributed by atoms with van der Waals surface area (Å²) < 4.78 is 5.43. The molecule has 0 aromatic rings. The Hall–Kier alpha value is -0.220. The Bertz CT molecular complexity index is 334. The molecule has 2 fully saturated rings. The molecule has 1 aliphatic heterocycles. The first kappa shape index (κ1) is 15.2. The number of hydrogen-bond donors (Lipinski definition) is 1. The third kappa shape index (κ3) is 2.80. The summed E-state index contributed by atoms with van der Waals surface area (Å²) in [6.45, 7) is 6.21. The van der Waals surface area contributed by atoms with Crippen LogP contribution in [0.2, 0.25) is 0 Å². The maximum absolute atomic E-state index is 12.9. The molecule has 5 atom stereocenters. The van der Waals surface area contributed by atoms with E-state index in [-0.39, 0.29) is 23.3 Å². The van der Waals surface area contributed by atoms with Crippen molar-refractivity contribution in [1.82, 2.24) is 4.90 Å². The second-order valence-electron chi connectivity index (χ2n) is 6.43. The Labute approximate surface area is 122 Å². The highest BCUT2D eigenvalue weighted by Crippen LogP contribution is 2.43. The van der Waals surface area contributed by atoms with Crippen molar-refractivity contribution in [3.05, 3.63) is 0 Å². The fraction of sp³-hybridized carbons (Fsp3) is 0.933. The predicted octanol–water partition coefficient (Wildman–Crippen LogP) is 2.95. The van der Waals surface area contributed by atoms with Gasteiger partial charge in [-0.1, -0.05) is 20.3 Å². The summed E-state index contributed by atoms with van der Waals surface area (Å²) in [6, 6.07) is 0.431. The van der Waals surface area contributed by atoms with E-state index in [9.17, 15) is 4.79 Å². The average molecular weight is 285 g/mol. The van der Waals surface area contributed by atoms with E-state index >= 15 is 0 Å². The monoisotopic (exact) mass is 285 g/mol. The second-order valence-corrected chi connectivity index (χ2v) is 7.03. The summed E-state index contributed by atoms with van der Waals surface area (Å²) in [5.41, 5.74) is 0. The lowest BCUT2D eigenvalue weighted by molar-refractivity contribution is -0.143. The number of amides is 1. The molecule has 1 amide bonds. The molecule has 0 spiro atoms. The first-order valence-corrected chi connectivity index (χ1v) is 8.02. The number of likely N-dealkylation sites (tertiary alicyclic amines) is 1. The molecule has 4 heteroatoms. The lowest BCUT2D eigenvalue weighted by Crippen LogP contribution is -2.47. The van der Waals surface area contributed by atoms with E-state index < -0.39 is 0 Å². The van der Waals surface area contributed by atoms with Gasteiger partial charge in [0.25, 0.3) is 0 Å². The Morgan fingerprint density at radius 2 is 2.00 bits per heavy atom. The number of methoxy groups -OCH3 is 1. The molecule has 110 valence electrons. The van der Waals surface area contributed by atoms with Crippen LogP contribution in [0.25, 0.3) is 0 Å². The van der Waals surface area contributed by atoms with Crippen LogP contribution in [0.15, 0.2) is 0 Å². The summed E-state index contributed by atoms with van der Waals surface area (Å²) >= 11 is 4.66. The number of nitrogens with zero attached hydrogens (tertiary/aromatic N) is 1. The minimum absolute atomic E-state index is 0.0338. The van der Waals surface area contributed by atoms with E-state index in [1.54, 1.807) is 7.11 Å². The summed E-state index contributed by atoms with van der Waals surface area (Å²) in [7, 11) is 1.69. The highest BCUT2D eigenvalue weighted by molar-refractivity contribution is 7.80. The van der Waals surface area contributed by atoms with Gasteiger partial charge in [-0.3, -0.25) is 4.79 Å². The molecular weight excluding hydrogens is 258 g/mol. The van der Waals surface area contributed by atoms with Crippen molar-refractivity contribution in [2.75, 3.05) is 7.11 Å². The van der Waals surface area contributed by atoms with Crippen molar-refractivity contribution in [3.63, 3.8) is 0 Å². The van der Waals surface area contributed by atoms with E-state index in [2.05, 4.69) is 31.4 Å². The lowest BCUT2D eigenvalue weighted by atomic mass is 9.89. The fourth-order valence-corrected chi connectivity index (χ4v) is 4.48. The molecule has 0 N–H and O–H groups in total. The van der Waals surface area contributed by atoms with Gasteiger partial charge in [0.2, 0.25) is 5.91 Å². The van der Waals surface area contributed by atoms with Crippen LogP contribution in [0.1, 0.15) is 46.5 Å². The smallest absolute Gasteiger partial charge is 0.229 e. The fourth-order valence-electron chi connectivity index (χ4n) is 3.92. The molecule has 1 saturated carbocycles. The van der Waals surface area contributed by atoms with Gasteiger partial charge in [0.15, 0.2) is 0 Å². The SMILES string of the molecule is COC(C)C(C(=O)N1C2CCCC2C[C@H]1S)C(C)C. The average Bonchev–Trinajstić information content (AvgIpc) is 2.87. The number of carbonyl (C=O) groups is 1. The predicted molar refractivity (Wildman–Crippen MR) is 80.2 cm³/mol. The maximum Gasteiger partial charge on any atom is 0.229 e. The highest BCUT2D eigenvalue weighted by Gasteiger charge is 2.47. The van der Waals surface area contributed by atoms with E-state index in [1.807, 2.05) is 6.92 Å². The van der Waals surface area contributed by atoms with Crippen molar-refractivity contribution in [2.45, 2.75) is 64.0 Å². The van der Waals surface area contributed by atoms with Crippen LogP contribution in [0.4, 0.5) is 0 Å². The molecule has 0 radical (unpaired) electrons. The van der Waals surface area contributed by atoms with E-state index in [0.29, 0.717) is 17.9 Å². The van der Waals surface area contributed by atoms with Crippen LogP contribution in [0.5, 0.6) is 0 Å². The van der Waals surface area contributed by atoms with Gasteiger partial charge in [0.1, 0.15) is 0 Å². The zero-order chi connectivity index (χ0) is 14.2. The number of rotatable bonds is 4. The first-order chi connectivity index (χ1) is 8.97. The molecule has 1 heterocycles. The van der Waals surface area contributed by atoms with Gasteiger partial charge in [-0.25, -0.2) is 0 Å². The van der Waals surface area contributed by atoms with Crippen LogP contribution in [0.3, 0.4) is 0 Å². The molecule has 0 aromatic heterocycles. The maximum atomic E-state index is 12.9. The molecule has 2 aliphatic rings. The number of hydrogen-bond acceptors (Lipinski definition) is 3. The van der Waals surface area contributed by atoms with Gasteiger partial charge in [0, 0.05) is 13.2 Å². The van der Waals surface area contributed by atoms with Crippen molar-refractivity contribution < 1.29 is 9.53 Å². The number of thiol groups is 1. The van der Waals surface area contributed by atoms with E-state index in [0.717, 1.165) is 12.8 Å². The second kappa shape index (κ2) is 6.04. The van der Waals surface area contributed by atoms with E-state index in [1.165, 1.54) is 12.8 Å². The van der Waals surface area contributed by atoms with Gasteiger partial charge in [-0.15, -0.1) is 0 Å². The Kier molecular flexibility index (Phi) is 4.83. The normalized spacial score (nSPS) is 33.6. The molecule has 2 rings (SSSR count). The molecule has 0 aromatic carbocycles. The third-order valence-electron chi connectivity index (χ3n) is 4.95. The molecule has 0 bridgehead atoms. The number of ether oxygens (including phenoxy) is 1. The highest BCUT2D eigenvalue weighted by atomic mass is 32.1. The van der Waals surface area contributed by atoms with Crippen molar-refractivity contribution >= 4 is 18.5 Å². The van der Waals surface area contributed by atoms with Crippen LogP contribution in [-0.4, -0.2) is 35.4 Å². The van der Waals surface area contributed by atoms with Gasteiger partial charge in [0.05, 0.1) is 17.4 Å². The molecular formula is C15H27NO2S. The van der Waals surface area contributed by atoms with Gasteiger partial charge >= 0.3 is 0 Å². The molecule has 4 unspecified atom stereocenters. The Balaban J connectivity index is 2.16. The Morgan fingerprint density at radius 3 is 2.58 bits per heavy atom. The Morgan fingerprint density at radius 1 is 1.32 bits per heavy atom. The zero-order valence-electron chi connectivity index (χ0n) is 12.5.